The zero-order valence-electron chi connectivity index (χ0n) is 8.39. The summed E-state index contributed by atoms with van der Waals surface area (Å²) in [6.45, 7) is 10.4. The van der Waals surface area contributed by atoms with Gasteiger partial charge in [-0.1, -0.05) is 13.1 Å². The van der Waals surface area contributed by atoms with E-state index in [-0.39, 0.29) is 9.76 Å². The number of hydrogen-bond acceptors (Lipinski definition) is 2. The Morgan fingerprint density at radius 3 is 2.50 bits per heavy atom. The standard InChI is InChI=1S/C8H18O2Si2/c1-8(6-7-9-2)12(4,5)10-11-3/h6-7H,1,11H2,2-5H3. The molecule has 0 saturated heterocycles. The van der Waals surface area contributed by atoms with Crippen molar-refractivity contribution in [2.45, 2.75) is 19.6 Å². The molecule has 0 aromatic carbocycles. The van der Waals surface area contributed by atoms with Crippen molar-refractivity contribution in [1.29, 1.82) is 0 Å². The van der Waals surface area contributed by atoms with Gasteiger partial charge in [-0.15, -0.1) is 0 Å². The number of methoxy groups -OCH3 is 1. The molecule has 0 saturated carbocycles. The summed E-state index contributed by atoms with van der Waals surface area (Å²) in [5, 5.41) is 1.08. The second-order valence-electron chi connectivity index (χ2n) is 3.01. The Morgan fingerprint density at radius 1 is 1.50 bits per heavy atom. The summed E-state index contributed by atoms with van der Waals surface area (Å²) in [6.07, 6.45) is 3.55. The Balaban J connectivity index is 4.15. The van der Waals surface area contributed by atoms with E-state index < -0.39 is 8.32 Å². The Bertz CT molecular complexity index is 176. The van der Waals surface area contributed by atoms with Crippen LogP contribution in [0.25, 0.3) is 0 Å². The van der Waals surface area contributed by atoms with Crippen molar-refractivity contribution in [2.24, 2.45) is 0 Å². The summed E-state index contributed by atoms with van der Waals surface area (Å²) in [7, 11) is -0.341. The highest BCUT2D eigenvalue weighted by molar-refractivity contribution is 6.82. The van der Waals surface area contributed by atoms with Gasteiger partial charge in [-0.3, -0.25) is 0 Å². The molecular formula is C8H18O2Si2. The molecule has 0 N–H and O–H groups in total. The van der Waals surface area contributed by atoms with Crippen LogP contribution in [0, 0.1) is 0 Å². The van der Waals surface area contributed by atoms with Crippen molar-refractivity contribution in [1.82, 2.24) is 0 Å². The van der Waals surface area contributed by atoms with E-state index in [1.54, 1.807) is 13.4 Å². The Morgan fingerprint density at radius 2 is 2.08 bits per heavy atom. The highest BCUT2D eigenvalue weighted by atomic mass is 28.4. The van der Waals surface area contributed by atoms with Crippen LogP contribution in [0.4, 0.5) is 0 Å². The van der Waals surface area contributed by atoms with Crippen molar-refractivity contribution in [3.8, 4) is 0 Å². The molecule has 0 rings (SSSR count). The molecule has 2 nitrogen and oxygen atoms in total. The zero-order valence-corrected chi connectivity index (χ0v) is 10.8. The van der Waals surface area contributed by atoms with Crippen LogP contribution in [0.1, 0.15) is 0 Å². The molecule has 0 atom stereocenters. The first kappa shape index (κ1) is 11.7. The molecule has 70 valence electrons. The van der Waals surface area contributed by atoms with E-state index in [1.807, 2.05) is 6.08 Å². The minimum atomic E-state index is -1.64. The van der Waals surface area contributed by atoms with Gasteiger partial charge in [0.05, 0.1) is 13.4 Å². The van der Waals surface area contributed by atoms with Gasteiger partial charge >= 0.3 is 0 Å². The lowest BCUT2D eigenvalue weighted by molar-refractivity contribution is 0.338. The fourth-order valence-electron chi connectivity index (χ4n) is 0.804. The lowest BCUT2D eigenvalue weighted by Gasteiger charge is -2.22. The normalized spacial score (nSPS) is 13.0. The van der Waals surface area contributed by atoms with Crippen molar-refractivity contribution in [3.63, 3.8) is 0 Å². The molecule has 0 spiro atoms. The molecule has 0 aliphatic rings. The van der Waals surface area contributed by atoms with Gasteiger partial charge in [-0.05, 0) is 24.4 Å². The van der Waals surface area contributed by atoms with Gasteiger partial charge in [-0.25, -0.2) is 0 Å². The summed E-state index contributed by atoms with van der Waals surface area (Å²) in [5.41, 5.74) is 0. The number of hydrogen-bond donors (Lipinski definition) is 0. The third-order valence-corrected chi connectivity index (χ3v) is 7.44. The molecule has 0 aromatic heterocycles. The van der Waals surface area contributed by atoms with Gasteiger partial charge in [0.25, 0.3) is 0 Å². The average Bonchev–Trinajstić information content (AvgIpc) is 2.00. The molecule has 0 unspecified atom stereocenters. The maximum absolute atomic E-state index is 5.76. The maximum atomic E-state index is 5.76. The summed E-state index contributed by atoms with van der Waals surface area (Å²) in [5.74, 6) is 0. The minimum absolute atomic E-state index is 0.330. The van der Waals surface area contributed by atoms with Crippen LogP contribution in [-0.2, 0) is 8.85 Å². The first-order chi connectivity index (χ1) is 5.54. The second-order valence-corrected chi connectivity index (χ2v) is 8.40. The third-order valence-electron chi connectivity index (χ3n) is 1.68. The lowest BCUT2D eigenvalue weighted by Crippen LogP contribution is -2.33. The Labute approximate surface area is 78.3 Å². The molecule has 0 aliphatic heterocycles. The molecule has 4 heteroatoms. The van der Waals surface area contributed by atoms with Gasteiger partial charge in [0, 0.05) is 0 Å². The van der Waals surface area contributed by atoms with Gasteiger partial charge in [0.2, 0.25) is 8.32 Å². The third kappa shape index (κ3) is 3.89. The fraction of sp³-hybridized carbons (Fsp3) is 0.500. The van der Waals surface area contributed by atoms with E-state index in [4.69, 9.17) is 8.85 Å². The molecule has 0 amide bonds. The van der Waals surface area contributed by atoms with E-state index in [0.717, 1.165) is 5.20 Å². The quantitative estimate of drug-likeness (QED) is 0.383. The Kier molecular flexibility index (Phi) is 5.20. The van der Waals surface area contributed by atoms with Crippen LogP contribution in [0.5, 0.6) is 0 Å². The van der Waals surface area contributed by atoms with E-state index in [2.05, 4.69) is 26.2 Å². The lowest BCUT2D eigenvalue weighted by atomic mass is 10.6. The smallest absolute Gasteiger partial charge is 0.205 e. The first-order valence-corrected chi connectivity index (χ1v) is 8.97. The molecule has 0 aliphatic carbocycles. The Hall–Kier alpha value is -0.326. The highest BCUT2D eigenvalue weighted by Crippen LogP contribution is 2.14. The monoisotopic (exact) mass is 202 g/mol. The van der Waals surface area contributed by atoms with Crippen molar-refractivity contribution in [3.05, 3.63) is 24.1 Å². The summed E-state index contributed by atoms with van der Waals surface area (Å²) in [6, 6.07) is 0. The van der Waals surface area contributed by atoms with Crippen molar-refractivity contribution in [2.75, 3.05) is 7.11 Å². The van der Waals surface area contributed by atoms with E-state index in [1.165, 1.54) is 0 Å². The van der Waals surface area contributed by atoms with Gasteiger partial charge < -0.3 is 8.85 Å². The topological polar surface area (TPSA) is 18.5 Å². The highest BCUT2D eigenvalue weighted by Gasteiger charge is 2.23. The predicted molar refractivity (Wildman–Crippen MR) is 58.3 cm³/mol. The minimum Gasteiger partial charge on any atom is -0.504 e. The van der Waals surface area contributed by atoms with Gasteiger partial charge in [0.1, 0.15) is 9.76 Å². The van der Waals surface area contributed by atoms with Crippen molar-refractivity contribution < 1.29 is 8.85 Å². The number of rotatable bonds is 5. The van der Waals surface area contributed by atoms with Gasteiger partial charge in [0.15, 0.2) is 0 Å². The first-order valence-electron chi connectivity index (χ1n) is 4.07. The maximum Gasteiger partial charge on any atom is 0.205 e. The largest absolute Gasteiger partial charge is 0.504 e. The van der Waals surface area contributed by atoms with Gasteiger partial charge in [-0.2, -0.15) is 0 Å². The number of ether oxygens (including phenoxy) is 1. The molecular weight excluding hydrogens is 184 g/mol. The van der Waals surface area contributed by atoms with Crippen LogP contribution in [-0.4, -0.2) is 25.2 Å². The van der Waals surface area contributed by atoms with Crippen molar-refractivity contribution >= 4 is 18.1 Å². The molecule has 0 aromatic rings. The number of allylic oxidation sites excluding steroid dienone is 2. The molecule has 0 bridgehead atoms. The molecule has 0 fully saturated rings. The van der Waals surface area contributed by atoms with Crippen LogP contribution in [0.3, 0.4) is 0 Å². The van der Waals surface area contributed by atoms with Crippen LogP contribution in [0.2, 0.25) is 19.6 Å². The second kappa shape index (κ2) is 5.34. The van der Waals surface area contributed by atoms with E-state index in [0.29, 0.717) is 0 Å². The molecule has 0 heterocycles. The summed E-state index contributed by atoms with van der Waals surface area (Å²) in [4.78, 5) is 0. The van der Waals surface area contributed by atoms with Crippen LogP contribution < -0.4 is 0 Å². The fourth-order valence-corrected chi connectivity index (χ4v) is 4.90. The average molecular weight is 202 g/mol. The summed E-state index contributed by atoms with van der Waals surface area (Å²) >= 11 is 0. The SMILES string of the molecule is C=C(C=COC)[Si](C)(C)O[SiH2]C. The van der Waals surface area contributed by atoms with E-state index in [9.17, 15) is 0 Å². The summed E-state index contributed by atoms with van der Waals surface area (Å²) < 4.78 is 10.6. The van der Waals surface area contributed by atoms with E-state index >= 15 is 0 Å². The predicted octanol–water partition coefficient (Wildman–Crippen LogP) is 1.60. The molecule has 0 radical (unpaired) electrons. The molecule has 12 heavy (non-hydrogen) atoms. The van der Waals surface area contributed by atoms with Crippen LogP contribution >= 0.6 is 0 Å². The van der Waals surface area contributed by atoms with Crippen LogP contribution in [0.15, 0.2) is 24.1 Å². The zero-order chi connectivity index (χ0) is 9.61.